The van der Waals surface area contributed by atoms with Gasteiger partial charge in [-0.3, -0.25) is 4.98 Å². The van der Waals surface area contributed by atoms with Crippen molar-refractivity contribution in [1.82, 2.24) is 4.98 Å². The van der Waals surface area contributed by atoms with Gasteiger partial charge in [0.25, 0.3) is 0 Å². The van der Waals surface area contributed by atoms with Crippen molar-refractivity contribution in [2.45, 2.75) is 13.5 Å². The third-order valence-electron chi connectivity index (χ3n) is 5.54. The summed E-state index contributed by atoms with van der Waals surface area (Å²) in [5.41, 5.74) is 2.37. The largest absolute Gasteiger partial charge is 0.505 e. The van der Waals surface area contributed by atoms with Gasteiger partial charge in [-0.25, -0.2) is 0 Å². The summed E-state index contributed by atoms with van der Waals surface area (Å²) in [6.07, 6.45) is 4.69. The second-order valence-electron chi connectivity index (χ2n) is 7.29. The first-order chi connectivity index (χ1) is 14.7. The zero-order valence-electron chi connectivity index (χ0n) is 16.4. The van der Waals surface area contributed by atoms with Gasteiger partial charge in [0, 0.05) is 22.9 Å². The average molecular weight is 393 g/mol. The van der Waals surface area contributed by atoms with Gasteiger partial charge < -0.3 is 10.2 Å². The van der Waals surface area contributed by atoms with Crippen molar-refractivity contribution in [3.63, 3.8) is 0 Å². The van der Waals surface area contributed by atoms with Crippen LogP contribution >= 0.6 is 0 Å². The van der Waals surface area contributed by atoms with E-state index in [2.05, 4.69) is 63.7 Å². The maximum Gasteiger partial charge on any atom is 0.145 e. The lowest BCUT2D eigenvalue weighted by Crippen LogP contribution is -1.97. The first-order valence-corrected chi connectivity index (χ1v) is 9.68. The van der Waals surface area contributed by atoms with E-state index in [-0.39, 0.29) is 12.4 Å². The Bertz CT molecular complexity index is 1440. The van der Waals surface area contributed by atoms with Gasteiger partial charge in [-0.2, -0.15) is 10.2 Å². The summed E-state index contributed by atoms with van der Waals surface area (Å²) in [5.74, 6) is 0.00299. The Morgan fingerprint density at radius 2 is 1.53 bits per heavy atom. The predicted molar refractivity (Wildman–Crippen MR) is 122 cm³/mol. The molecule has 0 radical (unpaired) electrons. The fraction of sp³-hybridized carbons (Fsp3) is 0.0800. The predicted octanol–water partition coefficient (Wildman–Crippen LogP) is 4.94. The molecule has 1 heterocycles. The van der Waals surface area contributed by atoms with Crippen LogP contribution in [0.25, 0.3) is 32.3 Å². The van der Waals surface area contributed by atoms with Gasteiger partial charge in [0.2, 0.25) is 0 Å². The molecular weight excluding hydrogens is 374 g/mol. The molecule has 30 heavy (non-hydrogen) atoms. The normalized spacial score (nSPS) is 12.3. The molecule has 0 bridgehead atoms. The number of aryl methyl sites for hydroxylation is 1. The molecule has 2 N–H and O–H groups in total. The van der Waals surface area contributed by atoms with Crippen molar-refractivity contribution in [3.8, 4) is 5.75 Å². The molecule has 1 aromatic heterocycles. The SMILES string of the molecule is Cc1ncc(CO)c(/C=N/N=C/c2ccc3ccc4cccc5ccc2c3c45)c1O. The summed E-state index contributed by atoms with van der Waals surface area (Å²) >= 11 is 0. The molecule has 4 aromatic carbocycles. The zero-order chi connectivity index (χ0) is 20.7. The van der Waals surface area contributed by atoms with E-state index in [1.807, 2.05) is 6.07 Å². The van der Waals surface area contributed by atoms with Gasteiger partial charge in [0.05, 0.1) is 24.7 Å². The molecule has 5 rings (SSSR count). The van der Waals surface area contributed by atoms with Crippen LogP contribution in [0.2, 0.25) is 0 Å². The summed E-state index contributed by atoms with van der Waals surface area (Å²) in [6.45, 7) is 1.46. The van der Waals surface area contributed by atoms with Gasteiger partial charge in [-0.15, -0.1) is 0 Å². The fourth-order valence-corrected chi connectivity index (χ4v) is 3.98. The van der Waals surface area contributed by atoms with Crippen molar-refractivity contribution < 1.29 is 10.2 Å². The molecule has 5 nitrogen and oxygen atoms in total. The monoisotopic (exact) mass is 393 g/mol. The first kappa shape index (κ1) is 18.2. The molecule has 0 amide bonds. The van der Waals surface area contributed by atoms with E-state index in [1.54, 1.807) is 13.1 Å². The Morgan fingerprint density at radius 3 is 2.30 bits per heavy atom. The van der Waals surface area contributed by atoms with Crippen LogP contribution in [0.15, 0.2) is 71.0 Å². The number of pyridine rings is 1. The lowest BCUT2D eigenvalue weighted by molar-refractivity contribution is 0.280. The Balaban J connectivity index is 1.57. The first-order valence-electron chi connectivity index (χ1n) is 9.68. The van der Waals surface area contributed by atoms with Gasteiger partial charge in [0.15, 0.2) is 0 Å². The number of rotatable bonds is 4. The van der Waals surface area contributed by atoms with Crippen molar-refractivity contribution in [3.05, 3.63) is 83.2 Å². The number of aromatic hydroxyl groups is 1. The number of benzene rings is 4. The number of aromatic nitrogens is 1. The number of hydrogen-bond acceptors (Lipinski definition) is 5. The molecule has 5 aromatic rings. The van der Waals surface area contributed by atoms with Crippen molar-refractivity contribution in [1.29, 1.82) is 0 Å². The molecule has 5 heteroatoms. The Labute approximate surface area is 173 Å². The smallest absolute Gasteiger partial charge is 0.145 e. The molecular formula is C25H19N3O2. The standard InChI is InChI=1S/C25H19N3O2/c1-15-25(30)22(20(14-29)11-26-15)13-28-27-12-19-8-7-18-6-5-16-3-2-4-17-9-10-21(19)24(18)23(16)17/h2-13,29-30H,14H2,1H3/b27-12+,28-13+. The van der Waals surface area contributed by atoms with Gasteiger partial charge >= 0.3 is 0 Å². The summed E-state index contributed by atoms with van der Waals surface area (Å²) in [5, 5.41) is 35.2. The number of aliphatic hydroxyl groups is 1. The van der Waals surface area contributed by atoms with Gasteiger partial charge in [0.1, 0.15) is 5.75 Å². The molecule has 0 aliphatic carbocycles. The molecule has 0 saturated heterocycles. The fourth-order valence-electron chi connectivity index (χ4n) is 3.98. The minimum atomic E-state index is -0.235. The zero-order valence-corrected chi connectivity index (χ0v) is 16.4. The Hall–Kier alpha value is -3.83. The maximum absolute atomic E-state index is 10.2. The Kier molecular flexibility index (Phi) is 4.38. The van der Waals surface area contributed by atoms with Gasteiger partial charge in [-0.1, -0.05) is 54.6 Å². The van der Waals surface area contributed by atoms with Crippen molar-refractivity contribution in [2.75, 3.05) is 0 Å². The minimum absolute atomic E-state index is 0.00299. The van der Waals surface area contributed by atoms with Crippen LogP contribution in [0.4, 0.5) is 0 Å². The van der Waals surface area contributed by atoms with E-state index < -0.39 is 0 Å². The maximum atomic E-state index is 10.2. The van der Waals surface area contributed by atoms with Crippen LogP contribution in [-0.4, -0.2) is 27.6 Å². The topological polar surface area (TPSA) is 78.1 Å². The summed E-state index contributed by atoms with van der Waals surface area (Å²) < 4.78 is 0. The van der Waals surface area contributed by atoms with E-state index in [9.17, 15) is 10.2 Å². The highest BCUT2D eigenvalue weighted by Gasteiger charge is 2.10. The second-order valence-corrected chi connectivity index (χ2v) is 7.29. The van der Waals surface area contributed by atoms with Gasteiger partial charge in [-0.05, 0) is 39.2 Å². The summed E-state index contributed by atoms with van der Waals surface area (Å²) in [7, 11) is 0. The van der Waals surface area contributed by atoms with Crippen LogP contribution in [0, 0.1) is 6.92 Å². The highest BCUT2D eigenvalue weighted by Crippen LogP contribution is 2.35. The van der Waals surface area contributed by atoms with E-state index in [0.29, 0.717) is 16.8 Å². The van der Waals surface area contributed by atoms with Crippen molar-refractivity contribution >= 4 is 44.7 Å². The quantitative estimate of drug-likeness (QED) is 0.258. The van der Waals surface area contributed by atoms with Crippen LogP contribution in [0.5, 0.6) is 5.75 Å². The van der Waals surface area contributed by atoms with Crippen LogP contribution in [0.3, 0.4) is 0 Å². The summed E-state index contributed by atoms with van der Waals surface area (Å²) in [6, 6.07) is 19.0. The van der Waals surface area contributed by atoms with Crippen LogP contribution < -0.4 is 0 Å². The lowest BCUT2D eigenvalue weighted by atomic mass is 9.92. The minimum Gasteiger partial charge on any atom is -0.505 e. The van der Waals surface area contributed by atoms with Crippen molar-refractivity contribution in [2.24, 2.45) is 10.2 Å². The summed E-state index contributed by atoms with van der Waals surface area (Å²) in [4.78, 5) is 4.05. The van der Waals surface area contributed by atoms with Crippen LogP contribution in [0.1, 0.15) is 22.4 Å². The molecule has 0 saturated carbocycles. The molecule has 0 fully saturated rings. The third-order valence-corrected chi connectivity index (χ3v) is 5.54. The Morgan fingerprint density at radius 1 is 0.867 bits per heavy atom. The number of hydrogen-bond donors (Lipinski definition) is 2. The van der Waals surface area contributed by atoms with Crippen LogP contribution in [-0.2, 0) is 6.61 Å². The highest BCUT2D eigenvalue weighted by molar-refractivity contribution is 6.25. The second kappa shape index (κ2) is 7.21. The van der Waals surface area contributed by atoms with E-state index in [0.717, 1.165) is 10.9 Å². The molecule has 0 aliphatic rings. The molecule has 0 aliphatic heterocycles. The lowest BCUT2D eigenvalue weighted by Gasteiger charge is -2.11. The molecule has 0 unspecified atom stereocenters. The molecule has 146 valence electrons. The number of aliphatic hydroxyl groups excluding tert-OH is 1. The molecule has 0 spiro atoms. The molecule has 0 atom stereocenters. The van der Waals surface area contributed by atoms with E-state index in [1.165, 1.54) is 39.3 Å². The van der Waals surface area contributed by atoms with E-state index >= 15 is 0 Å². The highest BCUT2D eigenvalue weighted by atomic mass is 16.3. The number of nitrogens with zero attached hydrogens (tertiary/aromatic N) is 3. The third kappa shape index (κ3) is 2.88. The average Bonchev–Trinajstić information content (AvgIpc) is 2.78. The van der Waals surface area contributed by atoms with E-state index in [4.69, 9.17) is 0 Å².